The Balaban J connectivity index is 1.61. The summed E-state index contributed by atoms with van der Waals surface area (Å²) >= 11 is 5.90. The minimum Gasteiger partial charge on any atom is -0.449 e. The van der Waals surface area contributed by atoms with Crippen molar-refractivity contribution in [2.75, 3.05) is 31.6 Å². The van der Waals surface area contributed by atoms with E-state index >= 15 is 0 Å². The van der Waals surface area contributed by atoms with Crippen molar-refractivity contribution in [1.29, 1.82) is 0 Å². The molecule has 1 aliphatic rings. The number of esters is 1. The topological polar surface area (TPSA) is 145 Å². The van der Waals surface area contributed by atoms with Gasteiger partial charge >= 0.3 is 5.97 Å². The molecule has 176 valence electrons. The Kier molecular flexibility index (Phi) is 7.64. The summed E-state index contributed by atoms with van der Waals surface area (Å²) in [5.74, 6) is -1.59. The van der Waals surface area contributed by atoms with Gasteiger partial charge in [-0.25, -0.2) is 13.2 Å². The first-order chi connectivity index (χ1) is 15.6. The Labute approximate surface area is 194 Å². The predicted molar refractivity (Wildman–Crippen MR) is 118 cm³/mol. The number of nitro benzene ring substituents is 1. The van der Waals surface area contributed by atoms with Gasteiger partial charge in [-0.1, -0.05) is 11.6 Å². The van der Waals surface area contributed by atoms with E-state index in [9.17, 15) is 28.1 Å². The lowest BCUT2D eigenvalue weighted by Gasteiger charge is -2.26. The van der Waals surface area contributed by atoms with E-state index < -0.39 is 32.9 Å². The lowest BCUT2D eigenvalue weighted by atomic mass is 10.2. The molecule has 2 aromatic carbocycles. The first-order valence-corrected chi connectivity index (χ1v) is 11.5. The van der Waals surface area contributed by atoms with Gasteiger partial charge in [0.15, 0.2) is 6.10 Å². The van der Waals surface area contributed by atoms with Gasteiger partial charge < -0.3 is 14.8 Å². The summed E-state index contributed by atoms with van der Waals surface area (Å²) in [6, 6.07) is 8.83. The number of hydrogen-bond acceptors (Lipinski definition) is 8. The second-order valence-electron chi connectivity index (χ2n) is 7.00. The zero-order chi connectivity index (χ0) is 24.2. The molecule has 0 saturated carbocycles. The number of carbonyl (C=O) groups excluding carboxylic acids is 2. The number of halogens is 1. The molecule has 0 bridgehead atoms. The number of non-ortho nitro benzene ring substituents is 1. The minimum absolute atomic E-state index is 0.0784. The number of amides is 1. The van der Waals surface area contributed by atoms with Crippen molar-refractivity contribution in [2.24, 2.45) is 0 Å². The van der Waals surface area contributed by atoms with Crippen molar-refractivity contribution in [2.45, 2.75) is 17.9 Å². The molecule has 0 radical (unpaired) electrons. The number of nitro groups is 1. The van der Waals surface area contributed by atoms with Crippen LogP contribution in [0.15, 0.2) is 47.4 Å². The van der Waals surface area contributed by atoms with Gasteiger partial charge in [-0.3, -0.25) is 14.9 Å². The lowest BCUT2D eigenvalue weighted by molar-refractivity contribution is -0.384. The molecule has 1 N–H and O–H groups in total. The highest BCUT2D eigenvalue weighted by Gasteiger charge is 2.26. The maximum atomic E-state index is 12.6. The van der Waals surface area contributed by atoms with Gasteiger partial charge in [-0.05, 0) is 37.3 Å². The maximum absolute atomic E-state index is 12.6. The van der Waals surface area contributed by atoms with Crippen LogP contribution in [-0.4, -0.2) is 61.9 Å². The number of nitrogens with one attached hydrogen (secondary N) is 1. The number of anilines is 1. The van der Waals surface area contributed by atoms with E-state index in [0.29, 0.717) is 18.9 Å². The largest absolute Gasteiger partial charge is 0.449 e. The second-order valence-corrected chi connectivity index (χ2v) is 9.34. The molecule has 2 aromatic rings. The normalized spacial score (nSPS) is 15.5. The van der Waals surface area contributed by atoms with Crippen LogP contribution in [0.3, 0.4) is 0 Å². The summed E-state index contributed by atoms with van der Waals surface area (Å²) < 4.78 is 36.9. The molecule has 1 fully saturated rings. The number of morpholine rings is 1. The van der Waals surface area contributed by atoms with Gasteiger partial charge in [0.1, 0.15) is 0 Å². The van der Waals surface area contributed by atoms with Crippen LogP contribution in [0, 0.1) is 10.1 Å². The van der Waals surface area contributed by atoms with Crippen molar-refractivity contribution in [3.63, 3.8) is 0 Å². The summed E-state index contributed by atoms with van der Waals surface area (Å²) in [4.78, 5) is 34.9. The second kappa shape index (κ2) is 10.3. The first kappa shape index (κ1) is 24.6. The number of ether oxygens (including phenoxy) is 2. The van der Waals surface area contributed by atoms with Crippen molar-refractivity contribution >= 4 is 44.9 Å². The van der Waals surface area contributed by atoms with E-state index in [1.807, 2.05) is 0 Å². The molecular weight excluding hydrogens is 478 g/mol. The van der Waals surface area contributed by atoms with Gasteiger partial charge in [-0.2, -0.15) is 4.31 Å². The molecule has 1 atom stereocenters. The molecule has 1 unspecified atom stereocenters. The fraction of sp³-hybridized carbons (Fsp3) is 0.300. The third kappa shape index (κ3) is 5.85. The van der Waals surface area contributed by atoms with Gasteiger partial charge in [0.05, 0.1) is 33.6 Å². The van der Waals surface area contributed by atoms with Crippen LogP contribution in [0.2, 0.25) is 5.02 Å². The summed E-state index contributed by atoms with van der Waals surface area (Å²) in [5.41, 5.74) is -0.113. The zero-order valence-corrected chi connectivity index (χ0v) is 19.0. The van der Waals surface area contributed by atoms with E-state index in [1.165, 1.54) is 35.5 Å². The van der Waals surface area contributed by atoms with Crippen LogP contribution in [0.25, 0.3) is 0 Å². The smallest absolute Gasteiger partial charge is 0.340 e. The molecule has 1 saturated heterocycles. The molecule has 11 nitrogen and oxygen atoms in total. The molecule has 13 heteroatoms. The average Bonchev–Trinajstić information content (AvgIpc) is 2.79. The lowest BCUT2D eigenvalue weighted by Crippen LogP contribution is -2.40. The third-order valence-electron chi connectivity index (χ3n) is 4.77. The van der Waals surface area contributed by atoms with Gasteiger partial charge in [0.25, 0.3) is 11.6 Å². The van der Waals surface area contributed by atoms with E-state index in [-0.39, 0.29) is 34.3 Å². The van der Waals surface area contributed by atoms with Crippen molar-refractivity contribution in [1.82, 2.24) is 4.31 Å². The standard InChI is InChI=1S/C20H20ClN3O8S/c1-13(32-20(26)17-7-4-15(24(27)28)12-18(17)21)19(25)22-14-2-5-16(6-3-14)33(29,30)23-8-10-31-11-9-23/h2-7,12-13H,8-11H2,1H3,(H,22,25). The Morgan fingerprint density at radius 3 is 2.39 bits per heavy atom. The maximum Gasteiger partial charge on any atom is 0.340 e. The zero-order valence-electron chi connectivity index (χ0n) is 17.4. The number of carbonyl (C=O) groups is 2. The Morgan fingerprint density at radius 2 is 1.82 bits per heavy atom. The molecule has 1 aliphatic heterocycles. The average molecular weight is 498 g/mol. The number of hydrogen-bond donors (Lipinski definition) is 1. The van der Waals surface area contributed by atoms with E-state index in [0.717, 1.165) is 18.2 Å². The monoisotopic (exact) mass is 497 g/mol. The minimum atomic E-state index is -3.67. The van der Waals surface area contributed by atoms with Crippen molar-refractivity contribution in [3.05, 3.63) is 63.2 Å². The van der Waals surface area contributed by atoms with Gasteiger partial charge in [0.2, 0.25) is 10.0 Å². The number of benzene rings is 2. The highest BCUT2D eigenvalue weighted by atomic mass is 35.5. The third-order valence-corrected chi connectivity index (χ3v) is 6.99. The SMILES string of the molecule is CC(OC(=O)c1ccc([N+](=O)[O-])cc1Cl)C(=O)Nc1ccc(S(=O)(=O)N2CCOCC2)cc1. The van der Waals surface area contributed by atoms with E-state index in [4.69, 9.17) is 21.1 Å². The molecule has 1 amide bonds. The van der Waals surface area contributed by atoms with Crippen LogP contribution in [0.1, 0.15) is 17.3 Å². The van der Waals surface area contributed by atoms with Crippen molar-refractivity contribution in [3.8, 4) is 0 Å². The Bertz CT molecular complexity index is 1160. The van der Waals surface area contributed by atoms with Crippen LogP contribution in [0.4, 0.5) is 11.4 Å². The Hall–Kier alpha value is -3.06. The van der Waals surface area contributed by atoms with Gasteiger partial charge in [-0.15, -0.1) is 0 Å². The number of nitrogens with zero attached hydrogens (tertiary/aromatic N) is 2. The number of rotatable bonds is 7. The summed E-state index contributed by atoms with van der Waals surface area (Å²) in [7, 11) is -3.67. The summed E-state index contributed by atoms with van der Waals surface area (Å²) in [5, 5.41) is 13.1. The predicted octanol–water partition coefficient (Wildman–Crippen LogP) is 2.45. The van der Waals surface area contributed by atoms with Crippen molar-refractivity contribution < 1.29 is 32.4 Å². The number of sulfonamides is 1. The van der Waals surface area contributed by atoms with Crippen LogP contribution >= 0.6 is 11.6 Å². The molecule has 1 heterocycles. The Morgan fingerprint density at radius 1 is 1.18 bits per heavy atom. The fourth-order valence-corrected chi connectivity index (χ4v) is 4.61. The van der Waals surface area contributed by atoms with Crippen LogP contribution in [0.5, 0.6) is 0 Å². The van der Waals surface area contributed by atoms with Crippen LogP contribution < -0.4 is 5.32 Å². The summed E-state index contributed by atoms with van der Waals surface area (Å²) in [6.07, 6.45) is -1.22. The highest BCUT2D eigenvalue weighted by molar-refractivity contribution is 7.89. The molecule has 0 spiro atoms. The molecule has 33 heavy (non-hydrogen) atoms. The molecule has 0 aromatic heterocycles. The molecule has 3 rings (SSSR count). The molecule has 0 aliphatic carbocycles. The van der Waals surface area contributed by atoms with E-state index in [1.54, 1.807) is 0 Å². The quantitative estimate of drug-likeness (QED) is 0.349. The highest BCUT2D eigenvalue weighted by Crippen LogP contribution is 2.24. The van der Waals surface area contributed by atoms with Crippen LogP contribution in [-0.2, 0) is 24.3 Å². The fourth-order valence-electron chi connectivity index (χ4n) is 2.95. The van der Waals surface area contributed by atoms with E-state index in [2.05, 4.69) is 5.32 Å². The molecular formula is C20H20ClN3O8S. The summed E-state index contributed by atoms with van der Waals surface area (Å²) in [6.45, 7) is 2.53. The van der Waals surface area contributed by atoms with Gasteiger partial charge in [0, 0.05) is 30.9 Å². The first-order valence-electron chi connectivity index (χ1n) is 9.73.